The number of hydrogen-bond acceptors (Lipinski definition) is 5. The standard InChI is InChI=1S/C17H18N2O4S/c1-18(16(20)12-24-17-4-2-3-7-19(17)21)11-13-5-6-14-15(10-13)23-9-8-22-14/h2-7,10H,8-9,11-12H2,1H3. The summed E-state index contributed by atoms with van der Waals surface area (Å²) in [7, 11) is 1.75. The van der Waals surface area contributed by atoms with E-state index in [-0.39, 0.29) is 11.7 Å². The molecule has 0 saturated carbocycles. The Labute approximate surface area is 144 Å². The first kappa shape index (κ1) is 16.4. The summed E-state index contributed by atoms with van der Waals surface area (Å²) in [4.78, 5) is 13.9. The summed E-state index contributed by atoms with van der Waals surface area (Å²) in [6.45, 7) is 1.57. The first-order chi connectivity index (χ1) is 11.6. The van der Waals surface area contributed by atoms with E-state index in [9.17, 15) is 10.0 Å². The third-order valence-corrected chi connectivity index (χ3v) is 4.59. The number of hydrogen-bond donors (Lipinski definition) is 0. The first-order valence-corrected chi connectivity index (χ1v) is 8.55. The average Bonchev–Trinajstić information content (AvgIpc) is 2.60. The molecule has 126 valence electrons. The van der Waals surface area contributed by atoms with Gasteiger partial charge in [-0.05, 0) is 35.5 Å². The first-order valence-electron chi connectivity index (χ1n) is 7.57. The van der Waals surface area contributed by atoms with Crippen molar-refractivity contribution in [2.75, 3.05) is 26.0 Å². The van der Waals surface area contributed by atoms with Crippen LogP contribution in [0.1, 0.15) is 5.56 Å². The minimum Gasteiger partial charge on any atom is -0.618 e. The molecule has 6 nitrogen and oxygen atoms in total. The number of pyridine rings is 1. The van der Waals surface area contributed by atoms with Crippen molar-refractivity contribution in [2.24, 2.45) is 0 Å². The van der Waals surface area contributed by atoms with Crippen LogP contribution in [0.2, 0.25) is 0 Å². The van der Waals surface area contributed by atoms with Gasteiger partial charge in [0, 0.05) is 25.7 Å². The Balaban J connectivity index is 1.57. The number of aromatic nitrogens is 1. The number of thioether (sulfide) groups is 1. The minimum atomic E-state index is -0.0428. The van der Waals surface area contributed by atoms with Gasteiger partial charge in [0.2, 0.25) is 5.91 Å². The lowest BCUT2D eigenvalue weighted by molar-refractivity contribution is -0.645. The van der Waals surface area contributed by atoms with Crippen LogP contribution >= 0.6 is 11.8 Å². The molecule has 0 spiro atoms. The number of carbonyl (C=O) groups is 1. The van der Waals surface area contributed by atoms with Gasteiger partial charge in [-0.25, -0.2) is 0 Å². The van der Waals surface area contributed by atoms with Gasteiger partial charge >= 0.3 is 0 Å². The normalized spacial score (nSPS) is 12.7. The van der Waals surface area contributed by atoms with Crippen molar-refractivity contribution in [3.8, 4) is 11.5 Å². The summed E-state index contributed by atoms with van der Waals surface area (Å²) in [5.74, 6) is 1.62. The zero-order valence-corrected chi connectivity index (χ0v) is 14.1. The fourth-order valence-electron chi connectivity index (χ4n) is 2.32. The number of amides is 1. The molecule has 0 N–H and O–H groups in total. The van der Waals surface area contributed by atoms with Gasteiger partial charge < -0.3 is 19.6 Å². The van der Waals surface area contributed by atoms with Gasteiger partial charge in [0.05, 0.1) is 5.75 Å². The molecule has 1 aromatic carbocycles. The second-order valence-corrected chi connectivity index (χ2v) is 6.38. The van der Waals surface area contributed by atoms with Crippen molar-refractivity contribution in [2.45, 2.75) is 11.6 Å². The minimum absolute atomic E-state index is 0.0428. The lowest BCUT2D eigenvalue weighted by Gasteiger charge is -2.21. The lowest BCUT2D eigenvalue weighted by atomic mass is 10.2. The molecular weight excluding hydrogens is 328 g/mol. The Kier molecular flexibility index (Phi) is 5.10. The lowest BCUT2D eigenvalue weighted by Crippen LogP contribution is -2.31. The highest BCUT2D eigenvalue weighted by Crippen LogP contribution is 2.31. The third kappa shape index (κ3) is 3.91. The van der Waals surface area contributed by atoms with E-state index in [0.717, 1.165) is 16.0 Å². The van der Waals surface area contributed by atoms with E-state index in [2.05, 4.69) is 0 Å². The Bertz CT molecular complexity index is 738. The van der Waals surface area contributed by atoms with E-state index in [4.69, 9.17) is 9.47 Å². The SMILES string of the molecule is CN(Cc1ccc2c(c1)OCCO2)C(=O)CSc1cccc[n+]1[O-]. The van der Waals surface area contributed by atoms with Crippen LogP contribution in [-0.2, 0) is 11.3 Å². The van der Waals surface area contributed by atoms with Gasteiger partial charge in [0.25, 0.3) is 5.03 Å². The molecule has 0 bridgehead atoms. The highest BCUT2D eigenvalue weighted by atomic mass is 32.2. The molecule has 1 amide bonds. The van der Waals surface area contributed by atoms with Crippen LogP contribution in [0, 0.1) is 5.21 Å². The van der Waals surface area contributed by atoms with E-state index in [1.165, 1.54) is 18.0 Å². The molecule has 7 heteroatoms. The van der Waals surface area contributed by atoms with E-state index in [1.807, 2.05) is 18.2 Å². The third-order valence-electron chi connectivity index (χ3n) is 3.58. The van der Waals surface area contributed by atoms with Crippen molar-refractivity contribution in [1.82, 2.24) is 4.90 Å². The Morgan fingerprint density at radius 2 is 2.04 bits per heavy atom. The molecule has 0 saturated heterocycles. The summed E-state index contributed by atoms with van der Waals surface area (Å²) in [5, 5.41) is 12.1. The highest BCUT2D eigenvalue weighted by Gasteiger charge is 2.16. The van der Waals surface area contributed by atoms with Crippen molar-refractivity contribution in [3.05, 3.63) is 53.4 Å². The maximum atomic E-state index is 12.3. The molecule has 1 aromatic heterocycles. The Hall–Kier alpha value is -2.41. The summed E-state index contributed by atoms with van der Waals surface area (Å²) in [6.07, 6.45) is 1.42. The van der Waals surface area contributed by atoms with Crippen LogP contribution in [0.5, 0.6) is 11.5 Å². The molecule has 24 heavy (non-hydrogen) atoms. The largest absolute Gasteiger partial charge is 0.618 e. The monoisotopic (exact) mass is 346 g/mol. The van der Waals surface area contributed by atoms with Gasteiger partial charge in [0.15, 0.2) is 17.7 Å². The van der Waals surface area contributed by atoms with Crippen LogP contribution < -0.4 is 14.2 Å². The quantitative estimate of drug-likeness (QED) is 0.470. The van der Waals surface area contributed by atoms with Gasteiger partial charge in [0.1, 0.15) is 13.2 Å². The molecule has 0 aliphatic carbocycles. The Morgan fingerprint density at radius 1 is 1.25 bits per heavy atom. The van der Waals surface area contributed by atoms with E-state index >= 15 is 0 Å². The zero-order valence-electron chi connectivity index (χ0n) is 13.3. The number of nitrogens with zero attached hydrogens (tertiary/aromatic N) is 2. The van der Waals surface area contributed by atoms with Crippen LogP contribution in [0.4, 0.5) is 0 Å². The number of benzene rings is 1. The fraction of sp³-hybridized carbons (Fsp3) is 0.294. The van der Waals surface area contributed by atoms with Gasteiger partial charge in [-0.15, -0.1) is 0 Å². The fourth-order valence-corrected chi connectivity index (χ4v) is 3.17. The molecule has 0 unspecified atom stereocenters. The Morgan fingerprint density at radius 3 is 2.83 bits per heavy atom. The number of ether oxygens (including phenoxy) is 2. The maximum Gasteiger partial charge on any atom is 0.251 e. The van der Waals surface area contributed by atoms with E-state index < -0.39 is 0 Å². The molecule has 3 rings (SSSR count). The topological polar surface area (TPSA) is 65.7 Å². The van der Waals surface area contributed by atoms with Crippen molar-refractivity contribution >= 4 is 17.7 Å². The average molecular weight is 346 g/mol. The maximum absolute atomic E-state index is 12.3. The van der Waals surface area contributed by atoms with Crippen LogP contribution in [0.25, 0.3) is 0 Å². The molecular formula is C17H18N2O4S. The molecule has 0 fully saturated rings. The second kappa shape index (κ2) is 7.44. The van der Waals surface area contributed by atoms with Crippen molar-refractivity contribution in [3.63, 3.8) is 0 Å². The predicted molar refractivity (Wildman–Crippen MR) is 90.0 cm³/mol. The number of carbonyl (C=O) groups excluding carboxylic acids is 1. The van der Waals surface area contributed by atoms with Gasteiger partial charge in [-0.3, -0.25) is 4.79 Å². The van der Waals surface area contributed by atoms with Crippen LogP contribution in [-0.4, -0.2) is 36.8 Å². The summed E-state index contributed by atoms with van der Waals surface area (Å²) in [6, 6.07) is 10.8. The summed E-state index contributed by atoms with van der Waals surface area (Å²) >= 11 is 1.23. The number of fused-ring (bicyclic) bond motifs is 1. The smallest absolute Gasteiger partial charge is 0.251 e. The van der Waals surface area contributed by atoms with E-state index in [0.29, 0.717) is 30.5 Å². The molecule has 1 aliphatic heterocycles. The van der Waals surface area contributed by atoms with Crippen LogP contribution in [0.15, 0.2) is 47.6 Å². The van der Waals surface area contributed by atoms with Gasteiger partial charge in [-0.2, -0.15) is 4.73 Å². The predicted octanol–water partition coefficient (Wildman–Crippen LogP) is 1.84. The summed E-state index contributed by atoms with van der Waals surface area (Å²) < 4.78 is 11.8. The van der Waals surface area contributed by atoms with E-state index in [1.54, 1.807) is 30.1 Å². The molecule has 2 heterocycles. The second-order valence-electron chi connectivity index (χ2n) is 5.38. The molecule has 0 radical (unpaired) electrons. The zero-order chi connectivity index (χ0) is 16.9. The summed E-state index contributed by atoms with van der Waals surface area (Å²) in [5.41, 5.74) is 0.971. The van der Waals surface area contributed by atoms with Crippen LogP contribution in [0.3, 0.4) is 0 Å². The molecule has 1 aliphatic rings. The molecule has 0 atom stereocenters. The van der Waals surface area contributed by atoms with Crippen molar-refractivity contribution in [1.29, 1.82) is 0 Å². The van der Waals surface area contributed by atoms with Crippen molar-refractivity contribution < 1.29 is 19.0 Å². The molecule has 2 aromatic rings. The highest BCUT2D eigenvalue weighted by molar-refractivity contribution is 7.99. The number of rotatable bonds is 5. The van der Waals surface area contributed by atoms with Gasteiger partial charge in [-0.1, -0.05) is 6.07 Å².